The van der Waals surface area contributed by atoms with Crippen molar-refractivity contribution in [3.8, 4) is 34.1 Å². The summed E-state index contributed by atoms with van der Waals surface area (Å²) in [6, 6.07) is 10.2. The smallest absolute Gasteiger partial charge is 0.336 e. The summed E-state index contributed by atoms with van der Waals surface area (Å²) in [6.07, 6.45) is 0. The molecule has 0 fully saturated rings. The Labute approximate surface area is 144 Å². The van der Waals surface area contributed by atoms with Gasteiger partial charge in [-0.05, 0) is 18.2 Å². The maximum absolute atomic E-state index is 12.1. The minimum absolute atomic E-state index is 0.364. The highest BCUT2D eigenvalue weighted by Crippen LogP contribution is 2.41. The average molecular weight is 342 g/mol. The standard InChI is InChI=1S/C19H18O6/c1-21-11-5-6-15(23-3)13(7-11)14-10-18(20)25-17-9-12(22-2)8-16(24-4)19(14)17/h5-10H,1-4H3. The molecular formula is C19H18O6. The highest BCUT2D eigenvalue weighted by atomic mass is 16.5. The molecule has 2 aromatic carbocycles. The molecule has 3 rings (SSSR count). The van der Waals surface area contributed by atoms with Gasteiger partial charge >= 0.3 is 5.63 Å². The Balaban J connectivity index is 2.42. The van der Waals surface area contributed by atoms with Crippen molar-refractivity contribution in [2.24, 2.45) is 0 Å². The van der Waals surface area contributed by atoms with Gasteiger partial charge in [0, 0.05) is 29.3 Å². The van der Waals surface area contributed by atoms with Crippen molar-refractivity contribution in [3.05, 3.63) is 46.8 Å². The monoisotopic (exact) mass is 342 g/mol. The molecule has 3 aromatic rings. The summed E-state index contributed by atoms with van der Waals surface area (Å²) >= 11 is 0. The zero-order chi connectivity index (χ0) is 18.0. The molecule has 6 heteroatoms. The Morgan fingerprint density at radius 1 is 0.720 bits per heavy atom. The molecule has 0 saturated carbocycles. The van der Waals surface area contributed by atoms with E-state index < -0.39 is 5.63 Å². The predicted octanol–water partition coefficient (Wildman–Crippen LogP) is 3.49. The predicted molar refractivity (Wildman–Crippen MR) is 94.1 cm³/mol. The molecule has 1 aromatic heterocycles. The summed E-state index contributed by atoms with van der Waals surface area (Å²) in [6.45, 7) is 0. The van der Waals surface area contributed by atoms with E-state index in [4.69, 9.17) is 23.4 Å². The summed E-state index contributed by atoms with van der Waals surface area (Å²) in [4.78, 5) is 12.1. The molecule has 1 heterocycles. The average Bonchev–Trinajstić information content (AvgIpc) is 2.65. The lowest BCUT2D eigenvalue weighted by Crippen LogP contribution is -2.01. The van der Waals surface area contributed by atoms with Gasteiger partial charge in [0.15, 0.2) is 0 Å². The molecule has 0 aliphatic heterocycles. The molecule has 6 nitrogen and oxygen atoms in total. The Morgan fingerprint density at radius 3 is 2.08 bits per heavy atom. The van der Waals surface area contributed by atoms with Crippen LogP contribution in [0.5, 0.6) is 23.0 Å². The zero-order valence-corrected chi connectivity index (χ0v) is 14.4. The van der Waals surface area contributed by atoms with E-state index in [1.54, 1.807) is 51.7 Å². The zero-order valence-electron chi connectivity index (χ0n) is 14.4. The molecule has 0 aliphatic carbocycles. The topological polar surface area (TPSA) is 67.1 Å². The van der Waals surface area contributed by atoms with Gasteiger partial charge in [-0.1, -0.05) is 0 Å². The van der Waals surface area contributed by atoms with Crippen LogP contribution in [0.25, 0.3) is 22.1 Å². The number of benzene rings is 2. The number of hydrogen-bond donors (Lipinski definition) is 0. The molecule has 0 bridgehead atoms. The van der Waals surface area contributed by atoms with E-state index in [9.17, 15) is 4.79 Å². The molecule has 0 spiro atoms. The van der Waals surface area contributed by atoms with Crippen LogP contribution in [-0.4, -0.2) is 28.4 Å². The molecule has 0 radical (unpaired) electrons. The summed E-state index contributed by atoms with van der Waals surface area (Å²) in [5.74, 6) is 2.30. The Bertz CT molecular complexity index is 974. The number of rotatable bonds is 5. The van der Waals surface area contributed by atoms with E-state index >= 15 is 0 Å². The molecule has 0 amide bonds. The minimum Gasteiger partial charge on any atom is -0.497 e. The van der Waals surface area contributed by atoms with Crippen molar-refractivity contribution in [1.29, 1.82) is 0 Å². The number of ether oxygens (including phenoxy) is 4. The lowest BCUT2D eigenvalue weighted by atomic mass is 10.00. The van der Waals surface area contributed by atoms with Crippen LogP contribution in [0.3, 0.4) is 0 Å². The third-order valence-electron chi connectivity index (χ3n) is 3.93. The van der Waals surface area contributed by atoms with Crippen LogP contribution in [0.4, 0.5) is 0 Å². The van der Waals surface area contributed by atoms with Crippen molar-refractivity contribution >= 4 is 11.0 Å². The lowest BCUT2D eigenvalue weighted by Gasteiger charge is -2.14. The number of hydrogen-bond acceptors (Lipinski definition) is 6. The first kappa shape index (κ1) is 16.7. The highest BCUT2D eigenvalue weighted by molar-refractivity contribution is 6.00. The van der Waals surface area contributed by atoms with Gasteiger partial charge in [0.2, 0.25) is 0 Å². The second kappa shape index (κ2) is 6.76. The summed E-state index contributed by atoms with van der Waals surface area (Å²) in [7, 11) is 6.23. The third kappa shape index (κ3) is 2.98. The van der Waals surface area contributed by atoms with Gasteiger partial charge in [-0.15, -0.1) is 0 Å². The van der Waals surface area contributed by atoms with Crippen molar-refractivity contribution < 1.29 is 23.4 Å². The van der Waals surface area contributed by atoms with Gasteiger partial charge in [0.25, 0.3) is 0 Å². The lowest BCUT2D eigenvalue weighted by molar-refractivity contribution is 0.396. The number of methoxy groups -OCH3 is 4. The fraction of sp³-hybridized carbons (Fsp3) is 0.211. The SMILES string of the molecule is COc1ccc(OC)c(-c2cc(=O)oc3cc(OC)cc(OC)c23)c1. The van der Waals surface area contributed by atoms with Gasteiger partial charge in [-0.25, -0.2) is 4.79 Å². The van der Waals surface area contributed by atoms with E-state index in [1.165, 1.54) is 13.2 Å². The van der Waals surface area contributed by atoms with E-state index in [-0.39, 0.29) is 0 Å². The first-order chi connectivity index (χ1) is 12.1. The summed E-state index contributed by atoms with van der Waals surface area (Å²) in [5.41, 5.74) is 1.20. The van der Waals surface area contributed by atoms with Gasteiger partial charge in [-0.3, -0.25) is 0 Å². The third-order valence-corrected chi connectivity index (χ3v) is 3.93. The molecule has 0 saturated heterocycles. The van der Waals surface area contributed by atoms with Gasteiger partial charge < -0.3 is 23.4 Å². The second-order valence-corrected chi connectivity index (χ2v) is 5.25. The Kier molecular flexibility index (Phi) is 4.52. The summed E-state index contributed by atoms with van der Waals surface area (Å²) in [5, 5.41) is 0.648. The van der Waals surface area contributed by atoms with Crippen LogP contribution in [-0.2, 0) is 0 Å². The molecule has 0 atom stereocenters. The Morgan fingerprint density at radius 2 is 1.44 bits per heavy atom. The van der Waals surface area contributed by atoms with Crippen molar-refractivity contribution in [1.82, 2.24) is 0 Å². The maximum atomic E-state index is 12.1. The maximum Gasteiger partial charge on any atom is 0.336 e. The molecule has 130 valence electrons. The van der Waals surface area contributed by atoms with Crippen LogP contribution in [0.2, 0.25) is 0 Å². The van der Waals surface area contributed by atoms with Crippen LogP contribution in [0.1, 0.15) is 0 Å². The van der Waals surface area contributed by atoms with Gasteiger partial charge in [-0.2, -0.15) is 0 Å². The molecule has 0 unspecified atom stereocenters. The first-order valence-electron chi connectivity index (χ1n) is 7.53. The minimum atomic E-state index is -0.484. The first-order valence-corrected chi connectivity index (χ1v) is 7.53. The fourth-order valence-electron chi connectivity index (χ4n) is 2.76. The van der Waals surface area contributed by atoms with Crippen molar-refractivity contribution in [2.45, 2.75) is 0 Å². The molecule has 0 aliphatic rings. The van der Waals surface area contributed by atoms with E-state index in [0.717, 1.165) is 0 Å². The fourth-order valence-corrected chi connectivity index (χ4v) is 2.76. The molecule has 0 N–H and O–H groups in total. The highest BCUT2D eigenvalue weighted by Gasteiger charge is 2.18. The van der Waals surface area contributed by atoms with Crippen LogP contribution in [0, 0.1) is 0 Å². The van der Waals surface area contributed by atoms with Crippen LogP contribution >= 0.6 is 0 Å². The largest absolute Gasteiger partial charge is 0.497 e. The molecule has 25 heavy (non-hydrogen) atoms. The van der Waals surface area contributed by atoms with Crippen molar-refractivity contribution in [2.75, 3.05) is 28.4 Å². The van der Waals surface area contributed by atoms with Gasteiger partial charge in [0.1, 0.15) is 28.6 Å². The van der Waals surface area contributed by atoms with Crippen LogP contribution < -0.4 is 24.6 Å². The second-order valence-electron chi connectivity index (χ2n) is 5.25. The van der Waals surface area contributed by atoms with Crippen LogP contribution in [0.15, 0.2) is 45.6 Å². The Hall–Kier alpha value is -3.15. The van der Waals surface area contributed by atoms with E-state index in [2.05, 4.69) is 0 Å². The quantitative estimate of drug-likeness (QED) is 0.661. The normalized spacial score (nSPS) is 10.6. The molecular weight excluding hydrogens is 324 g/mol. The number of fused-ring (bicyclic) bond motifs is 1. The summed E-state index contributed by atoms with van der Waals surface area (Å²) < 4.78 is 26.8. The van der Waals surface area contributed by atoms with Gasteiger partial charge in [0.05, 0.1) is 33.8 Å². The van der Waals surface area contributed by atoms with E-state index in [1.807, 2.05) is 0 Å². The van der Waals surface area contributed by atoms with E-state index in [0.29, 0.717) is 45.1 Å². The van der Waals surface area contributed by atoms with Crippen molar-refractivity contribution in [3.63, 3.8) is 0 Å².